The molecule has 0 spiro atoms. The summed E-state index contributed by atoms with van der Waals surface area (Å²) < 4.78 is 4.58. The average molecular weight is 297 g/mol. The fraction of sp³-hybridized carbons (Fsp3) is 0.909. The molecule has 1 aliphatic heterocycles. The highest BCUT2D eigenvalue weighted by atomic mass is 16.6. The van der Waals surface area contributed by atoms with Crippen molar-refractivity contribution in [2.75, 3.05) is 6.61 Å². The molecule has 1 rings (SSSR count). The van der Waals surface area contributed by atoms with Gasteiger partial charge in [0.15, 0.2) is 6.29 Å². The Morgan fingerprint density at radius 1 is 1.15 bits per heavy atom. The molecule has 0 aliphatic carbocycles. The summed E-state index contributed by atoms with van der Waals surface area (Å²) in [5.74, 6) is -0.910. The highest BCUT2D eigenvalue weighted by Gasteiger charge is 2.42. The second-order valence-electron chi connectivity index (χ2n) is 4.83. The smallest absolute Gasteiger partial charge is 0.320 e. The molecule has 0 aromatic rings. The highest BCUT2D eigenvalue weighted by Crippen LogP contribution is 2.18. The number of ether oxygens (including phenoxy) is 1. The summed E-state index contributed by atoms with van der Waals surface area (Å²) in [6.45, 7) is 3.03. The Labute approximate surface area is 116 Å². The predicted octanol–water partition coefficient (Wildman–Crippen LogP) is -3.17. The maximum Gasteiger partial charge on any atom is 0.320 e. The number of hydrogen-bond acceptors (Lipinski definition) is 8. The summed E-state index contributed by atoms with van der Waals surface area (Å²) in [5, 5.41) is 52.9. The number of hydrogen-bond donors (Lipinski definition) is 7. The average Bonchev–Trinajstić information content (AvgIpc) is 2.40. The van der Waals surface area contributed by atoms with Gasteiger partial charge in [-0.05, 0) is 5.92 Å². The van der Waals surface area contributed by atoms with Crippen molar-refractivity contribution < 1.29 is 40.2 Å². The normalized spacial score (nSPS) is 35.1. The number of aliphatic hydroxyl groups excluding tert-OH is 5. The van der Waals surface area contributed by atoms with Crippen molar-refractivity contribution in [3.63, 3.8) is 0 Å². The molecular formula is C11H23NO8. The molecule has 6 atom stereocenters. The highest BCUT2D eigenvalue weighted by molar-refractivity contribution is 5.73. The monoisotopic (exact) mass is 297 g/mol. The number of carboxylic acid groups (broad SMARTS) is 1. The van der Waals surface area contributed by atoms with Crippen LogP contribution in [0.2, 0.25) is 0 Å². The molecule has 0 saturated carbocycles. The predicted molar refractivity (Wildman–Crippen MR) is 66.4 cm³/mol. The number of nitrogens with two attached hydrogens (primary N) is 1. The van der Waals surface area contributed by atoms with Gasteiger partial charge >= 0.3 is 5.97 Å². The molecule has 1 aliphatic rings. The standard InChI is InChI=1S/C6H12O6.C5H11NO2/c7-1-2-3(8)4(9)5(10)6(11)12-2;1-3(2)4(6)5(7)8/h2-11H,1H2;3-4H,6H2,1-2H3,(H,7,8)/t2-,3-,4+,5-,6?;/m1./s1. The zero-order chi connectivity index (χ0) is 16.0. The molecule has 8 N–H and O–H groups in total. The van der Waals surface area contributed by atoms with E-state index in [2.05, 4.69) is 4.74 Å². The number of carbonyl (C=O) groups is 1. The minimum absolute atomic E-state index is 0.0208. The lowest BCUT2D eigenvalue weighted by Gasteiger charge is -2.37. The van der Waals surface area contributed by atoms with Crippen LogP contribution in [0.15, 0.2) is 0 Å². The topological polar surface area (TPSA) is 174 Å². The molecule has 0 aromatic carbocycles. The minimum Gasteiger partial charge on any atom is -0.480 e. The summed E-state index contributed by atoms with van der Waals surface area (Å²) >= 11 is 0. The van der Waals surface area contributed by atoms with Gasteiger partial charge < -0.3 is 41.1 Å². The molecule has 0 bridgehead atoms. The Balaban J connectivity index is 0.000000396. The van der Waals surface area contributed by atoms with Gasteiger partial charge in [0.2, 0.25) is 0 Å². The quantitative estimate of drug-likeness (QED) is 0.283. The van der Waals surface area contributed by atoms with E-state index in [1.54, 1.807) is 13.8 Å². The first-order valence-electron chi connectivity index (χ1n) is 6.10. The van der Waals surface area contributed by atoms with Crippen LogP contribution in [0.25, 0.3) is 0 Å². The Hall–Kier alpha value is -0.810. The van der Waals surface area contributed by atoms with Crippen LogP contribution in [0.1, 0.15) is 13.8 Å². The van der Waals surface area contributed by atoms with Crippen LogP contribution in [0, 0.1) is 5.92 Å². The second-order valence-corrected chi connectivity index (χ2v) is 4.83. The molecule has 1 heterocycles. The Kier molecular flexibility index (Phi) is 8.13. The van der Waals surface area contributed by atoms with E-state index >= 15 is 0 Å². The van der Waals surface area contributed by atoms with E-state index in [-0.39, 0.29) is 5.92 Å². The van der Waals surface area contributed by atoms with Crippen molar-refractivity contribution in [2.45, 2.75) is 50.6 Å². The van der Waals surface area contributed by atoms with E-state index in [1.807, 2.05) is 0 Å². The van der Waals surface area contributed by atoms with Crippen LogP contribution in [0.5, 0.6) is 0 Å². The van der Waals surface area contributed by atoms with Gasteiger partial charge in [0.05, 0.1) is 6.61 Å². The lowest BCUT2D eigenvalue weighted by atomic mass is 10.00. The van der Waals surface area contributed by atoms with Gasteiger partial charge in [-0.25, -0.2) is 0 Å². The van der Waals surface area contributed by atoms with Gasteiger partial charge in [-0.15, -0.1) is 0 Å². The third kappa shape index (κ3) is 5.29. The number of rotatable bonds is 3. The summed E-state index contributed by atoms with van der Waals surface area (Å²) in [6.07, 6.45) is -7.04. The molecule has 9 heteroatoms. The van der Waals surface area contributed by atoms with Crippen LogP contribution in [-0.2, 0) is 9.53 Å². The molecule has 0 radical (unpaired) electrons. The van der Waals surface area contributed by atoms with Crippen LogP contribution in [0.4, 0.5) is 0 Å². The van der Waals surface area contributed by atoms with Gasteiger partial charge in [-0.1, -0.05) is 13.8 Å². The molecule has 20 heavy (non-hydrogen) atoms. The van der Waals surface area contributed by atoms with Crippen LogP contribution in [0.3, 0.4) is 0 Å². The molecule has 2 unspecified atom stereocenters. The molecule has 0 amide bonds. The summed E-state index contributed by atoms with van der Waals surface area (Å²) in [7, 11) is 0. The SMILES string of the molecule is CC(C)C(N)C(=O)O.OC[C@H]1OC(O)[C@H](O)[C@@H](O)[C@@H]1O. The Morgan fingerprint density at radius 2 is 1.65 bits per heavy atom. The Bertz CT molecular complexity index is 295. The van der Waals surface area contributed by atoms with Gasteiger partial charge in [0, 0.05) is 0 Å². The van der Waals surface area contributed by atoms with Crippen molar-refractivity contribution in [1.82, 2.24) is 0 Å². The van der Waals surface area contributed by atoms with Gasteiger partial charge in [-0.2, -0.15) is 0 Å². The van der Waals surface area contributed by atoms with E-state index in [1.165, 1.54) is 0 Å². The fourth-order valence-electron chi connectivity index (χ4n) is 1.37. The molecular weight excluding hydrogens is 274 g/mol. The fourth-order valence-corrected chi connectivity index (χ4v) is 1.37. The number of aliphatic hydroxyl groups is 5. The molecule has 1 saturated heterocycles. The summed E-state index contributed by atoms with van der Waals surface area (Å²) in [6, 6.07) is -0.713. The molecule has 9 nitrogen and oxygen atoms in total. The maximum atomic E-state index is 10.0. The van der Waals surface area contributed by atoms with Crippen molar-refractivity contribution in [2.24, 2.45) is 11.7 Å². The minimum atomic E-state index is -1.57. The van der Waals surface area contributed by atoms with Crippen LogP contribution in [-0.4, -0.2) is 80.0 Å². The molecule has 120 valence electrons. The second kappa shape index (κ2) is 8.47. The van der Waals surface area contributed by atoms with Crippen molar-refractivity contribution in [1.29, 1.82) is 0 Å². The molecule has 1 fully saturated rings. The zero-order valence-electron chi connectivity index (χ0n) is 11.3. The summed E-state index contributed by atoms with van der Waals surface area (Å²) in [5.41, 5.74) is 5.16. The van der Waals surface area contributed by atoms with E-state index in [4.69, 9.17) is 36.4 Å². The zero-order valence-corrected chi connectivity index (χ0v) is 11.3. The van der Waals surface area contributed by atoms with E-state index < -0.39 is 49.3 Å². The third-order valence-corrected chi connectivity index (χ3v) is 2.87. The molecule has 0 aromatic heterocycles. The Morgan fingerprint density at radius 3 is 1.95 bits per heavy atom. The van der Waals surface area contributed by atoms with Crippen molar-refractivity contribution in [3.05, 3.63) is 0 Å². The van der Waals surface area contributed by atoms with Crippen molar-refractivity contribution in [3.8, 4) is 0 Å². The lowest BCUT2D eigenvalue weighted by Crippen LogP contribution is -2.58. The van der Waals surface area contributed by atoms with E-state index in [0.29, 0.717) is 0 Å². The number of aliphatic carboxylic acids is 1. The number of carboxylic acids is 1. The first kappa shape index (κ1) is 19.2. The van der Waals surface area contributed by atoms with Gasteiger partial charge in [0.25, 0.3) is 0 Å². The summed E-state index contributed by atoms with van der Waals surface area (Å²) in [4.78, 5) is 10.0. The largest absolute Gasteiger partial charge is 0.480 e. The van der Waals surface area contributed by atoms with Crippen molar-refractivity contribution >= 4 is 5.97 Å². The van der Waals surface area contributed by atoms with E-state index in [9.17, 15) is 4.79 Å². The van der Waals surface area contributed by atoms with Gasteiger partial charge in [0.1, 0.15) is 30.5 Å². The van der Waals surface area contributed by atoms with E-state index in [0.717, 1.165) is 0 Å². The van der Waals surface area contributed by atoms with Crippen LogP contribution >= 0.6 is 0 Å². The maximum absolute atomic E-state index is 10.0. The van der Waals surface area contributed by atoms with Gasteiger partial charge in [-0.3, -0.25) is 4.79 Å². The first-order chi connectivity index (χ1) is 9.13. The lowest BCUT2D eigenvalue weighted by molar-refractivity contribution is -0.286. The first-order valence-corrected chi connectivity index (χ1v) is 6.10. The third-order valence-electron chi connectivity index (χ3n) is 2.87. The van der Waals surface area contributed by atoms with Crippen LogP contribution < -0.4 is 5.73 Å².